The Morgan fingerprint density at radius 1 is 1.23 bits per heavy atom. The molecule has 1 saturated heterocycles. The zero-order chi connectivity index (χ0) is 18.5. The first kappa shape index (κ1) is 18.1. The molecule has 3 rings (SSSR count). The quantitative estimate of drug-likeness (QED) is 0.918. The molecule has 1 fully saturated rings. The van der Waals surface area contributed by atoms with Crippen LogP contribution in [0.2, 0.25) is 0 Å². The third-order valence-corrected chi connectivity index (χ3v) is 4.83. The molecule has 136 valence electrons. The van der Waals surface area contributed by atoms with Crippen molar-refractivity contribution in [3.63, 3.8) is 0 Å². The van der Waals surface area contributed by atoms with Crippen molar-refractivity contribution >= 4 is 11.8 Å². The fourth-order valence-corrected chi connectivity index (χ4v) is 3.33. The van der Waals surface area contributed by atoms with Crippen LogP contribution in [-0.2, 0) is 0 Å². The van der Waals surface area contributed by atoms with Crippen LogP contribution in [0.15, 0.2) is 48.7 Å². The number of nitrogens with zero attached hydrogens (tertiary/aromatic N) is 2. The van der Waals surface area contributed by atoms with Crippen molar-refractivity contribution in [1.29, 1.82) is 0 Å². The molecule has 0 radical (unpaired) electrons. The predicted octanol–water partition coefficient (Wildman–Crippen LogP) is 3.44. The van der Waals surface area contributed by atoms with Crippen LogP contribution in [0.5, 0.6) is 0 Å². The van der Waals surface area contributed by atoms with Crippen LogP contribution in [0, 0.1) is 5.92 Å². The molecule has 0 spiro atoms. The van der Waals surface area contributed by atoms with Crippen LogP contribution >= 0.6 is 0 Å². The van der Waals surface area contributed by atoms with E-state index in [4.69, 9.17) is 0 Å². The number of carbonyl (C=O) groups excluding carboxylic acids is 2. The Bertz CT molecular complexity index is 776. The van der Waals surface area contributed by atoms with Crippen LogP contribution in [-0.4, -0.2) is 34.8 Å². The van der Waals surface area contributed by atoms with E-state index in [9.17, 15) is 9.59 Å². The summed E-state index contributed by atoms with van der Waals surface area (Å²) in [7, 11) is 0. The summed E-state index contributed by atoms with van der Waals surface area (Å²) in [4.78, 5) is 31.3. The molecule has 2 amide bonds. The summed E-state index contributed by atoms with van der Waals surface area (Å²) in [5, 5.41) is 2.97. The van der Waals surface area contributed by atoms with Gasteiger partial charge in [0.2, 0.25) is 0 Å². The van der Waals surface area contributed by atoms with Gasteiger partial charge in [0.1, 0.15) is 5.69 Å². The third-order valence-electron chi connectivity index (χ3n) is 4.83. The van der Waals surface area contributed by atoms with Crippen molar-refractivity contribution in [3.8, 4) is 0 Å². The van der Waals surface area contributed by atoms with Crippen molar-refractivity contribution < 1.29 is 9.59 Å². The summed E-state index contributed by atoms with van der Waals surface area (Å²) in [6.45, 7) is 5.60. The lowest BCUT2D eigenvalue weighted by Gasteiger charge is -2.30. The number of hydrogen-bond acceptors (Lipinski definition) is 3. The smallest absolute Gasteiger partial charge is 0.272 e. The maximum atomic E-state index is 12.7. The van der Waals surface area contributed by atoms with Crippen molar-refractivity contribution in [3.05, 3.63) is 65.5 Å². The first-order valence-electron chi connectivity index (χ1n) is 9.15. The van der Waals surface area contributed by atoms with Gasteiger partial charge in [0.05, 0.1) is 6.04 Å². The summed E-state index contributed by atoms with van der Waals surface area (Å²) >= 11 is 0. The van der Waals surface area contributed by atoms with Gasteiger partial charge in [0.25, 0.3) is 11.8 Å². The van der Waals surface area contributed by atoms with Gasteiger partial charge in [0.15, 0.2) is 0 Å². The van der Waals surface area contributed by atoms with Crippen LogP contribution in [0.4, 0.5) is 0 Å². The van der Waals surface area contributed by atoms with Crippen molar-refractivity contribution in [1.82, 2.24) is 15.2 Å². The Balaban J connectivity index is 1.70. The van der Waals surface area contributed by atoms with Gasteiger partial charge in [-0.25, -0.2) is 0 Å². The highest BCUT2D eigenvalue weighted by Gasteiger charge is 2.23. The Hall–Kier alpha value is -2.69. The van der Waals surface area contributed by atoms with Gasteiger partial charge in [-0.15, -0.1) is 0 Å². The largest absolute Gasteiger partial charge is 0.346 e. The van der Waals surface area contributed by atoms with Gasteiger partial charge in [-0.05, 0) is 43.4 Å². The number of rotatable bonds is 4. The lowest BCUT2D eigenvalue weighted by Crippen LogP contribution is -2.39. The van der Waals surface area contributed by atoms with E-state index in [0.29, 0.717) is 17.2 Å². The highest BCUT2D eigenvalue weighted by Crippen LogP contribution is 2.18. The molecule has 2 atom stereocenters. The Morgan fingerprint density at radius 2 is 2.00 bits per heavy atom. The van der Waals surface area contributed by atoms with Gasteiger partial charge in [-0.3, -0.25) is 14.6 Å². The molecule has 1 N–H and O–H groups in total. The van der Waals surface area contributed by atoms with E-state index < -0.39 is 0 Å². The maximum absolute atomic E-state index is 12.7. The molecule has 1 aliphatic heterocycles. The lowest BCUT2D eigenvalue weighted by atomic mass is 10.00. The van der Waals surface area contributed by atoms with Crippen molar-refractivity contribution in [2.24, 2.45) is 5.92 Å². The molecule has 0 aliphatic carbocycles. The predicted molar refractivity (Wildman–Crippen MR) is 101 cm³/mol. The molecule has 5 nitrogen and oxygen atoms in total. The molecule has 26 heavy (non-hydrogen) atoms. The molecule has 0 bridgehead atoms. The average molecular weight is 351 g/mol. The Morgan fingerprint density at radius 3 is 2.73 bits per heavy atom. The minimum Gasteiger partial charge on any atom is -0.346 e. The SMILES string of the molecule is CC1CCCN(C(=O)c2cc(C(=O)NC(C)c3ccccc3)ccn2)C1. The van der Waals surface area contributed by atoms with Gasteiger partial charge in [0, 0.05) is 24.8 Å². The molecular formula is C21H25N3O2. The summed E-state index contributed by atoms with van der Waals surface area (Å²) in [5.41, 5.74) is 1.82. The highest BCUT2D eigenvalue weighted by molar-refractivity contribution is 5.98. The van der Waals surface area contributed by atoms with E-state index in [0.717, 1.165) is 31.5 Å². The number of likely N-dealkylation sites (tertiary alicyclic amines) is 1. The highest BCUT2D eigenvalue weighted by atomic mass is 16.2. The lowest BCUT2D eigenvalue weighted by molar-refractivity contribution is 0.0677. The monoisotopic (exact) mass is 351 g/mol. The van der Waals surface area contributed by atoms with Crippen LogP contribution in [0.1, 0.15) is 59.1 Å². The number of benzene rings is 1. The second-order valence-electron chi connectivity index (χ2n) is 7.03. The summed E-state index contributed by atoms with van der Waals surface area (Å²) in [6.07, 6.45) is 3.70. The van der Waals surface area contributed by atoms with E-state index in [1.54, 1.807) is 12.1 Å². The molecule has 2 unspecified atom stereocenters. The molecule has 1 aromatic heterocycles. The normalized spacial score (nSPS) is 18.2. The fraction of sp³-hybridized carbons (Fsp3) is 0.381. The minimum atomic E-state index is -0.204. The van der Waals surface area contributed by atoms with Crippen molar-refractivity contribution in [2.75, 3.05) is 13.1 Å². The zero-order valence-corrected chi connectivity index (χ0v) is 15.3. The van der Waals surface area contributed by atoms with E-state index in [1.165, 1.54) is 6.20 Å². The summed E-state index contributed by atoms with van der Waals surface area (Å²) in [5.74, 6) is 0.207. The Labute approximate surface area is 154 Å². The molecule has 1 aliphatic rings. The second kappa shape index (κ2) is 8.13. The summed E-state index contributed by atoms with van der Waals surface area (Å²) in [6, 6.07) is 12.9. The first-order chi connectivity index (χ1) is 12.5. The van der Waals surface area contributed by atoms with Crippen LogP contribution in [0.25, 0.3) is 0 Å². The fourth-order valence-electron chi connectivity index (χ4n) is 3.33. The first-order valence-corrected chi connectivity index (χ1v) is 9.15. The summed E-state index contributed by atoms with van der Waals surface area (Å²) < 4.78 is 0. The number of nitrogens with one attached hydrogen (secondary N) is 1. The van der Waals surface area contributed by atoms with Crippen molar-refractivity contribution in [2.45, 2.75) is 32.7 Å². The number of piperidine rings is 1. The topological polar surface area (TPSA) is 62.3 Å². The number of carbonyl (C=O) groups is 2. The van der Waals surface area contributed by atoms with Gasteiger partial charge >= 0.3 is 0 Å². The maximum Gasteiger partial charge on any atom is 0.272 e. The molecule has 5 heteroatoms. The Kier molecular flexibility index (Phi) is 5.66. The van der Waals surface area contributed by atoms with Gasteiger partial charge < -0.3 is 10.2 Å². The van der Waals surface area contributed by atoms with Crippen LogP contribution < -0.4 is 5.32 Å². The van der Waals surface area contributed by atoms with E-state index in [-0.39, 0.29) is 17.9 Å². The number of amides is 2. The van der Waals surface area contributed by atoms with E-state index >= 15 is 0 Å². The molecule has 0 saturated carbocycles. The molecule has 1 aromatic carbocycles. The number of aromatic nitrogens is 1. The number of hydrogen-bond donors (Lipinski definition) is 1. The molecule has 2 heterocycles. The average Bonchev–Trinajstić information content (AvgIpc) is 2.68. The third kappa shape index (κ3) is 4.28. The standard InChI is InChI=1S/C21H25N3O2/c1-15-7-6-12-24(14-15)21(26)19-13-18(10-11-22-19)20(25)23-16(2)17-8-4-3-5-9-17/h3-5,8-11,13,15-16H,6-7,12,14H2,1-2H3,(H,23,25). The van der Waals surface area contributed by atoms with Gasteiger partial charge in [-0.1, -0.05) is 37.3 Å². The van der Waals surface area contributed by atoms with E-state index in [2.05, 4.69) is 17.2 Å². The zero-order valence-electron chi connectivity index (χ0n) is 15.3. The van der Waals surface area contributed by atoms with Crippen LogP contribution in [0.3, 0.4) is 0 Å². The second-order valence-corrected chi connectivity index (χ2v) is 7.03. The molecule has 2 aromatic rings. The van der Waals surface area contributed by atoms with E-state index in [1.807, 2.05) is 42.2 Å². The minimum absolute atomic E-state index is 0.0951. The molecular weight excluding hydrogens is 326 g/mol. The van der Waals surface area contributed by atoms with Gasteiger partial charge in [-0.2, -0.15) is 0 Å². The number of pyridine rings is 1.